The number of nitrogens with one attached hydrogen (secondary N) is 7. The second kappa shape index (κ2) is 57.9. The van der Waals surface area contributed by atoms with E-state index in [4.69, 9.17) is 75.9 Å². The molecule has 0 spiro atoms. The van der Waals surface area contributed by atoms with Crippen LogP contribution in [0.2, 0.25) is 0 Å². The molecule has 0 aliphatic carbocycles. The molecule has 4 saturated heterocycles. The van der Waals surface area contributed by atoms with Crippen LogP contribution in [0.3, 0.4) is 0 Å². The average Bonchev–Trinajstić information content (AvgIpc) is 0.843. The Morgan fingerprint density at radius 1 is 0.365 bits per heavy atom. The van der Waals surface area contributed by atoms with Gasteiger partial charge in [-0.15, -0.1) is 5.06 Å². The minimum atomic E-state index is -1.40. The maximum absolute atomic E-state index is 14.6. The van der Waals surface area contributed by atoms with Crippen molar-refractivity contribution in [2.45, 2.75) is 322 Å². The van der Waals surface area contributed by atoms with Crippen molar-refractivity contribution in [3.63, 3.8) is 0 Å². The fourth-order valence-electron chi connectivity index (χ4n) is 13.8. The van der Waals surface area contributed by atoms with Crippen LogP contribution in [0.5, 0.6) is 0 Å². The number of carbonyl (C=O) groups is 20. The fraction of sp³-hybridized carbons (Fsp3) is 0.753. The Hall–Kier alpha value is -10.6. The molecule has 10 amide bonds. The Labute approximate surface area is 729 Å². The number of carbonyl (C=O) groups excluding carboxylic acids is 20. The van der Waals surface area contributed by atoms with Gasteiger partial charge >= 0.3 is 59.7 Å². The second-order valence-electron chi connectivity index (χ2n) is 30.3. The van der Waals surface area contributed by atoms with Gasteiger partial charge in [-0.05, 0) is 57.8 Å². The number of hydrogen-bond donors (Lipinski definition) is 7. The molecule has 4 fully saturated rings. The first-order chi connectivity index (χ1) is 59.7. The lowest BCUT2D eigenvalue weighted by Gasteiger charge is -2.44. The molecule has 0 aromatic carbocycles. The number of amides is 10. The van der Waals surface area contributed by atoms with Crippen LogP contribution in [0.1, 0.15) is 224 Å². The Kier molecular flexibility index (Phi) is 49.5. The maximum atomic E-state index is 14.6. The first-order valence-corrected chi connectivity index (χ1v) is 42.2. The lowest BCUT2D eigenvalue weighted by Crippen LogP contribution is -2.66. The quantitative estimate of drug-likeness (QED) is 0.0183. The van der Waals surface area contributed by atoms with E-state index in [1.807, 2.05) is 0 Å². The summed E-state index contributed by atoms with van der Waals surface area (Å²) in [6.45, 7) is 11.3. The fourth-order valence-corrected chi connectivity index (χ4v) is 13.8. The van der Waals surface area contributed by atoms with Crippen LogP contribution in [-0.4, -0.2) is 299 Å². The first-order valence-electron chi connectivity index (χ1n) is 42.2. The van der Waals surface area contributed by atoms with Crippen molar-refractivity contribution >= 4 is 119 Å². The maximum Gasteiger partial charge on any atom is 0.333 e. The molecule has 0 bridgehead atoms. The van der Waals surface area contributed by atoms with Crippen molar-refractivity contribution in [1.29, 1.82) is 0 Å². The predicted molar refractivity (Wildman–Crippen MR) is 427 cm³/mol. The van der Waals surface area contributed by atoms with Gasteiger partial charge in [-0.3, -0.25) is 91.1 Å². The molecule has 45 nitrogen and oxygen atoms in total. The number of hydrogen-bond acceptors (Lipinski definition) is 36. The van der Waals surface area contributed by atoms with Gasteiger partial charge in [0.15, 0.2) is 55.5 Å². The van der Waals surface area contributed by atoms with E-state index in [-0.39, 0.29) is 142 Å². The summed E-state index contributed by atoms with van der Waals surface area (Å²) in [5.41, 5.74) is 0. The van der Waals surface area contributed by atoms with E-state index in [9.17, 15) is 95.9 Å². The molecule has 15 unspecified atom stereocenters. The van der Waals surface area contributed by atoms with Crippen LogP contribution in [0.25, 0.3) is 0 Å². The minimum Gasteiger partial charge on any atom is -0.463 e. The van der Waals surface area contributed by atoms with Crippen molar-refractivity contribution in [2.24, 2.45) is 0 Å². The minimum absolute atomic E-state index is 0.0147. The van der Waals surface area contributed by atoms with Crippen LogP contribution < -0.4 is 37.2 Å². The molecule has 7 N–H and O–H groups in total. The number of rotatable bonds is 56. The Balaban J connectivity index is 1.51. The molecular weight excluding hydrogens is 1670 g/mol. The zero-order valence-electron chi connectivity index (χ0n) is 73.7. The van der Waals surface area contributed by atoms with Crippen LogP contribution in [0.4, 0.5) is 0 Å². The monoisotopic (exact) mass is 1800 g/mol. The van der Waals surface area contributed by atoms with E-state index in [0.29, 0.717) is 30.7 Å². The summed E-state index contributed by atoms with van der Waals surface area (Å²) in [4.78, 5) is 259. The summed E-state index contributed by atoms with van der Waals surface area (Å²) >= 11 is 0. The number of nitrogens with zero attached hydrogens (tertiary/aromatic N) is 2. The van der Waals surface area contributed by atoms with Crippen molar-refractivity contribution < 1.29 is 172 Å². The molecule has 4 rings (SSSR count). The van der Waals surface area contributed by atoms with Crippen LogP contribution in [0, 0.1) is 0 Å². The molecular formula is C81H125N9O36. The summed E-state index contributed by atoms with van der Waals surface area (Å²) in [7, 11) is 0. The van der Waals surface area contributed by atoms with E-state index >= 15 is 0 Å². The van der Waals surface area contributed by atoms with Crippen LogP contribution in [0.15, 0.2) is 0 Å². The summed E-state index contributed by atoms with van der Waals surface area (Å²) in [5.74, 6) is -13.4. The van der Waals surface area contributed by atoms with Gasteiger partial charge < -0.3 is 118 Å². The number of unbranched alkanes of at least 4 members (excludes halogenated alkanes) is 10. The van der Waals surface area contributed by atoms with Gasteiger partial charge in [-0.2, -0.15) is 0 Å². The molecule has 45 heteroatoms. The Morgan fingerprint density at radius 2 is 0.683 bits per heavy atom. The first kappa shape index (κ1) is 108. The average molecular weight is 1800 g/mol. The molecule has 0 aromatic rings. The molecule has 4 aliphatic heterocycles. The zero-order chi connectivity index (χ0) is 93.5. The van der Waals surface area contributed by atoms with Crippen LogP contribution in [-0.2, 0) is 172 Å². The standard InChI is InChI=1S/C81H125N9O36/c1-46(91)85-69-75(120-55(10)100)72(117-52(7)97)59(43-114-49(4)94)123-79(69)111-40-24-20-27-62(103)82-36-38-89(39-37-83-63(104)28-21-25-41-112-80-70(86-47(2)92)76(121-56(11)101)73(118-53(8)98)60(124-80)44-115-50(5)95)65(106)32-31-58(78(110)84-35-23-18-16-14-13-15-17-19-30-68(109)126-90-66(107)33-34-67(90)108)88-64(105)29-22-26-42-113-81-71(87-48(3)93)77(122-57(12)102)74(119-54(9)99)61(125-81)45-116-51(6)96/h58-61,69-77,79-81H,13-45H2,1-12H3,(H,82,103)(H,83,104)(H,84,110)(H,85,91)(H,86,92)(H,87,93)(H,88,105)/t58-,59?,60?,61?,69?,70?,71?,72?,73?,74?,75?,76?,77?,79?,80?,81?/m0/s1. The molecule has 710 valence electrons. The largest absolute Gasteiger partial charge is 0.463 e. The van der Waals surface area contributed by atoms with Crippen LogP contribution >= 0.6 is 0 Å². The molecule has 126 heavy (non-hydrogen) atoms. The van der Waals surface area contributed by atoms with Gasteiger partial charge in [0.25, 0.3) is 11.8 Å². The van der Waals surface area contributed by atoms with E-state index in [2.05, 4.69) is 37.2 Å². The smallest absolute Gasteiger partial charge is 0.333 e. The summed E-state index contributed by atoms with van der Waals surface area (Å²) in [5, 5.41) is 19.5. The van der Waals surface area contributed by atoms with E-state index < -0.39 is 237 Å². The molecule has 4 aliphatic rings. The number of hydroxylamine groups is 2. The van der Waals surface area contributed by atoms with E-state index in [1.54, 1.807) is 0 Å². The molecule has 4 heterocycles. The summed E-state index contributed by atoms with van der Waals surface area (Å²) in [6.07, 6.45) is -10.5. The summed E-state index contributed by atoms with van der Waals surface area (Å²) in [6, 6.07) is -5.07. The number of ether oxygens (including phenoxy) is 15. The van der Waals surface area contributed by atoms with Crippen molar-refractivity contribution in [2.75, 3.05) is 72.4 Å². The zero-order valence-corrected chi connectivity index (χ0v) is 73.7. The third-order valence-corrected chi connectivity index (χ3v) is 19.3. The number of imide groups is 1. The number of esters is 9. The highest BCUT2D eigenvalue weighted by Gasteiger charge is 2.55. The molecule has 0 saturated carbocycles. The normalized spacial score (nSPS) is 22.7. The SMILES string of the molecule is CC(=O)NC1C(OCCCCC(=O)NCCN(CCNC(=O)CCCCOC2OC(COC(C)=O)C(OC(C)=O)C(OC(C)=O)C2NC(C)=O)C(=O)CC[C@H](NC(=O)CCCCOC2OC(COC(C)=O)C(OC(C)=O)C(OC(C)=O)C2NC(C)=O)C(=O)NCCCCCCCCCCC(=O)ON2C(=O)CCC2=O)OC(COC(C)=O)C(OC(C)=O)C1OC(C)=O. The van der Waals surface area contributed by atoms with Crippen molar-refractivity contribution in [3.05, 3.63) is 0 Å². The highest BCUT2D eigenvalue weighted by Crippen LogP contribution is 2.32. The van der Waals surface area contributed by atoms with E-state index in [0.717, 1.165) is 88.0 Å². The lowest BCUT2D eigenvalue weighted by molar-refractivity contribution is -0.277. The molecule has 0 radical (unpaired) electrons. The summed E-state index contributed by atoms with van der Waals surface area (Å²) < 4.78 is 84.8. The lowest BCUT2D eigenvalue weighted by atomic mass is 9.96. The highest BCUT2D eigenvalue weighted by molar-refractivity contribution is 6.01. The topological polar surface area (TPSA) is 580 Å². The Bertz CT molecular complexity index is 3540. The predicted octanol–water partition coefficient (Wildman–Crippen LogP) is 0.0757. The van der Waals surface area contributed by atoms with Gasteiger partial charge in [0.05, 0.1) is 0 Å². The Morgan fingerprint density at radius 3 is 1.02 bits per heavy atom. The van der Waals surface area contributed by atoms with Gasteiger partial charge in [0.1, 0.15) is 62.3 Å². The van der Waals surface area contributed by atoms with Crippen molar-refractivity contribution in [3.8, 4) is 0 Å². The van der Waals surface area contributed by atoms with Gasteiger partial charge in [-0.25, -0.2) is 4.79 Å². The van der Waals surface area contributed by atoms with Gasteiger partial charge in [-0.1, -0.05) is 38.5 Å². The van der Waals surface area contributed by atoms with Gasteiger partial charge in [0.2, 0.25) is 47.3 Å². The second-order valence-corrected chi connectivity index (χ2v) is 30.3. The van der Waals surface area contributed by atoms with E-state index in [1.165, 1.54) is 25.7 Å². The third kappa shape index (κ3) is 42.1. The highest BCUT2D eigenvalue weighted by atomic mass is 16.7. The molecule has 16 atom stereocenters. The van der Waals surface area contributed by atoms with Crippen molar-refractivity contribution in [1.82, 2.24) is 47.2 Å². The third-order valence-electron chi connectivity index (χ3n) is 19.3. The van der Waals surface area contributed by atoms with Gasteiger partial charge in [0, 0.05) is 181 Å². The molecule has 0 aromatic heterocycles.